The number of nitrogens with zero attached hydrogens (tertiary/aromatic N) is 3. The van der Waals surface area contributed by atoms with E-state index in [1.54, 1.807) is 9.80 Å². The average Bonchev–Trinajstić information content (AvgIpc) is 3.12. The second kappa shape index (κ2) is 7.52. The van der Waals surface area contributed by atoms with Gasteiger partial charge in [0.1, 0.15) is 0 Å². The van der Waals surface area contributed by atoms with E-state index in [9.17, 15) is 19.7 Å². The maximum atomic E-state index is 12.4. The zero-order valence-corrected chi connectivity index (χ0v) is 15.0. The summed E-state index contributed by atoms with van der Waals surface area (Å²) in [6.07, 6.45) is 0. The van der Waals surface area contributed by atoms with E-state index in [-0.39, 0.29) is 16.9 Å². The lowest BCUT2D eigenvalue weighted by atomic mass is 10.2. The van der Waals surface area contributed by atoms with Crippen molar-refractivity contribution < 1.29 is 14.5 Å². The van der Waals surface area contributed by atoms with Crippen LogP contribution in [0, 0.1) is 17.0 Å². The highest BCUT2D eigenvalue weighted by atomic mass is 32.1. The topological polar surface area (TPSA) is 95.8 Å². The molecule has 0 spiro atoms. The minimum atomic E-state index is -0.505. The van der Waals surface area contributed by atoms with Crippen molar-refractivity contribution in [1.82, 2.24) is 9.80 Å². The molecule has 0 unspecified atom stereocenters. The molecule has 26 heavy (non-hydrogen) atoms. The molecule has 0 saturated carbocycles. The Bertz CT molecular complexity index is 843. The fourth-order valence-corrected chi connectivity index (χ4v) is 3.52. The number of thiophene rings is 1. The van der Waals surface area contributed by atoms with Gasteiger partial charge in [-0.3, -0.25) is 14.9 Å². The van der Waals surface area contributed by atoms with Crippen LogP contribution in [0.1, 0.15) is 15.2 Å². The number of benzene rings is 1. The summed E-state index contributed by atoms with van der Waals surface area (Å²) in [7, 11) is 0. The molecule has 3 amide bonds. The summed E-state index contributed by atoms with van der Waals surface area (Å²) in [6, 6.07) is 10.2. The number of nitro groups is 1. The predicted octanol–water partition coefficient (Wildman–Crippen LogP) is 2.95. The van der Waals surface area contributed by atoms with Crippen molar-refractivity contribution in [2.75, 3.05) is 31.5 Å². The van der Waals surface area contributed by atoms with Crippen molar-refractivity contribution in [2.24, 2.45) is 0 Å². The maximum absolute atomic E-state index is 12.4. The van der Waals surface area contributed by atoms with Crippen molar-refractivity contribution >= 4 is 34.0 Å². The Hall–Kier alpha value is -2.94. The molecule has 8 nitrogen and oxygen atoms in total. The molecule has 0 aliphatic carbocycles. The number of urea groups is 1. The van der Waals surface area contributed by atoms with Gasteiger partial charge >= 0.3 is 11.0 Å². The first kappa shape index (κ1) is 17.9. The number of hydrogen-bond acceptors (Lipinski definition) is 5. The molecule has 2 heterocycles. The first-order valence-electron chi connectivity index (χ1n) is 8.10. The summed E-state index contributed by atoms with van der Waals surface area (Å²) in [5, 5.41) is 13.5. The van der Waals surface area contributed by atoms with Gasteiger partial charge in [0.2, 0.25) is 0 Å². The molecular weight excluding hydrogens is 356 g/mol. The summed E-state index contributed by atoms with van der Waals surface area (Å²) in [5.41, 5.74) is 1.79. The molecule has 1 aromatic carbocycles. The van der Waals surface area contributed by atoms with Gasteiger partial charge in [-0.15, -0.1) is 0 Å². The number of amides is 3. The third-order valence-corrected chi connectivity index (χ3v) is 5.13. The van der Waals surface area contributed by atoms with Gasteiger partial charge in [-0.2, -0.15) is 0 Å². The number of carbonyl (C=O) groups is 2. The van der Waals surface area contributed by atoms with E-state index < -0.39 is 4.92 Å². The predicted molar refractivity (Wildman–Crippen MR) is 98.6 cm³/mol. The maximum Gasteiger partial charge on any atom is 0.324 e. The standard InChI is InChI=1S/C17H18N4O4S/c1-12-3-2-4-13(11-12)18-17(23)20-9-7-19(8-10-20)16(22)14-5-6-15(26-14)21(24)25/h2-6,11H,7-10H2,1H3,(H,18,23). The molecular formula is C17H18N4O4S. The molecule has 136 valence electrons. The van der Waals surface area contributed by atoms with Crippen LogP contribution in [0.4, 0.5) is 15.5 Å². The smallest absolute Gasteiger partial charge is 0.324 e. The highest BCUT2D eigenvalue weighted by Gasteiger charge is 2.26. The number of hydrogen-bond donors (Lipinski definition) is 1. The average molecular weight is 374 g/mol. The van der Waals surface area contributed by atoms with Gasteiger partial charge in [0.25, 0.3) is 5.91 Å². The molecule has 1 saturated heterocycles. The monoisotopic (exact) mass is 374 g/mol. The van der Waals surface area contributed by atoms with Gasteiger partial charge < -0.3 is 15.1 Å². The number of rotatable bonds is 3. The minimum absolute atomic E-state index is 0.0514. The molecule has 2 aromatic rings. The lowest BCUT2D eigenvalue weighted by Gasteiger charge is -2.34. The zero-order valence-electron chi connectivity index (χ0n) is 14.2. The van der Waals surface area contributed by atoms with Gasteiger partial charge in [0.05, 0.1) is 9.80 Å². The van der Waals surface area contributed by atoms with Crippen LogP contribution in [0.3, 0.4) is 0 Å². The Labute approximate surface area is 154 Å². The number of carbonyl (C=O) groups excluding carboxylic acids is 2. The number of nitrogens with one attached hydrogen (secondary N) is 1. The SMILES string of the molecule is Cc1cccc(NC(=O)N2CCN(C(=O)c3ccc([N+](=O)[O-])s3)CC2)c1. The van der Waals surface area contributed by atoms with Crippen LogP contribution in [-0.2, 0) is 0 Å². The first-order chi connectivity index (χ1) is 12.4. The quantitative estimate of drug-likeness (QED) is 0.660. The molecule has 1 aliphatic heterocycles. The Balaban J connectivity index is 1.55. The Kier molecular flexibility index (Phi) is 5.17. The van der Waals surface area contributed by atoms with Gasteiger partial charge in [0, 0.05) is 37.9 Å². The second-order valence-corrected chi connectivity index (χ2v) is 7.04. The van der Waals surface area contributed by atoms with Crippen LogP contribution in [0.2, 0.25) is 0 Å². The Morgan fingerprint density at radius 3 is 2.42 bits per heavy atom. The Morgan fingerprint density at radius 2 is 1.81 bits per heavy atom. The third-order valence-electron chi connectivity index (χ3n) is 4.11. The molecule has 0 atom stereocenters. The highest BCUT2D eigenvalue weighted by molar-refractivity contribution is 7.17. The molecule has 9 heteroatoms. The number of anilines is 1. The molecule has 0 bridgehead atoms. The van der Waals surface area contributed by atoms with Crippen molar-refractivity contribution in [2.45, 2.75) is 6.92 Å². The van der Waals surface area contributed by atoms with E-state index in [0.717, 1.165) is 22.6 Å². The van der Waals surface area contributed by atoms with Crippen molar-refractivity contribution in [3.05, 3.63) is 57.0 Å². The lowest BCUT2D eigenvalue weighted by molar-refractivity contribution is -0.380. The van der Waals surface area contributed by atoms with E-state index in [1.807, 2.05) is 31.2 Å². The van der Waals surface area contributed by atoms with Crippen LogP contribution in [0.15, 0.2) is 36.4 Å². The fraction of sp³-hybridized carbons (Fsp3) is 0.294. The van der Waals surface area contributed by atoms with Crippen LogP contribution in [0.5, 0.6) is 0 Å². The highest BCUT2D eigenvalue weighted by Crippen LogP contribution is 2.25. The fourth-order valence-electron chi connectivity index (χ4n) is 2.73. The van der Waals surface area contributed by atoms with Gasteiger partial charge in [-0.1, -0.05) is 23.5 Å². The van der Waals surface area contributed by atoms with E-state index in [2.05, 4.69) is 5.32 Å². The summed E-state index contributed by atoms with van der Waals surface area (Å²) in [6.45, 7) is 3.57. The number of piperazine rings is 1. The molecule has 3 rings (SSSR count). The largest absolute Gasteiger partial charge is 0.334 e. The molecule has 1 N–H and O–H groups in total. The van der Waals surface area contributed by atoms with Crippen molar-refractivity contribution in [3.8, 4) is 0 Å². The van der Waals surface area contributed by atoms with E-state index in [1.165, 1.54) is 12.1 Å². The summed E-state index contributed by atoms with van der Waals surface area (Å²) in [5.74, 6) is -0.234. The van der Waals surface area contributed by atoms with Crippen LogP contribution in [0.25, 0.3) is 0 Å². The zero-order chi connectivity index (χ0) is 18.7. The van der Waals surface area contributed by atoms with Crippen molar-refractivity contribution in [1.29, 1.82) is 0 Å². The van der Waals surface area contributed by atoms with E-state index >= 15 is 0 Å². The normalized spacial score (nSPS) is 14.2. The molecule has 1 fully saturated rings. The van der Waals surface area contributed by atoms with Crippen molar-refractivity contribution in [3.63, 3.8) is 0 Å². The molecule has 1 aliphatic rings. The molecule has 1 aromatic heterocycles. The van der Waals surface area contributed by atoms with Gasteiger partial charge in [0.15, 0.2) is 0 Å². The minimum Gasteiger partial charge on any atom is -0.334 e. The van der Waals surface area contributed by atoms with E-state index in [0.29, 0.717) is 31.1 Å². The second-order valence-electron chi connectivity index (χ2n) is 5.97. The third kappa shape index (κ3) is 3.99. The lowest BCUT2D eigenvalue weighted by Crippen LogP contribution is -2.51. The van der Waals surface area contributed by atoms with Crippen LogP contribution < -0.4 is 5.32 Å². The summed E-state index contributed by atoms with van der Waals surface area (Å²) < 4.78 is 0. The van der Waals surface area contributed by atoms with Crippen LogP contribution >= 0.6 is 11.3 Å². The van der Waals surface area contributed by atoms with E-state index in [4.69, 9.17) is 0 Å². The molecule has 0 radical (unpaired) electrons. The van der Waals surface area contributed by atoms with Gasteiger partial charge in [-0.25, -0.2) is 4.79 Å². The van der Waals surface area contributed by atoms with Gasteiger partial charge in [-0.05, 0) is 30.7 Å². The summed E-state index contributed by atoms with van der Waals surface area (Å²) in [4.78, 5) is 38.6. The first-order valence-corrected chi connectivity index (χ1v) is 8.92. The summed E-state index contributed by atoms with van der Waals surface area (Å²) >= 11 is 0.870. The number of aryl methyl sites for hydroxylation is 1. The van der Waals surface area contributed by atoms with Crippen LogP contribution in [-0.4, -0.2) is 52.8 Å². The Morgan fingerprint density at radius 1 is 1.12 bits per heavy atom.